The number of hydrogen-bond acceptors (Lipinski definition) is 4. The Bertz CT molecular complexity index is 444. The first-order valence-electron chi connectivity index (χ1n) is 5.39. The normalized spacial score (nSPS) is 10.1. The molecule has 18 heavy (non-hydrogen) atoms. The van der Waals surface area contributed by atoms with Crippen LogP contribution in [0.3, 0.4) is 0 Å². The summed E-state index contributed by atoms with van der Waals surface area (Å²) in [4.78, 5) is 22.2. The SMILES string of the molecule is COCCCC(=O)Nc1cc(C(=O)O)ccc1O. The van der Waals surface area contributed by atoms with Gasteiger partial charge in [-0.1, -0.05) is 0 Å². The van der Waals surface area contributed by atoms with E-state index in [1.165, 1.54) is 18.2 Å². The van der Waals surface area contributed by atoms with Crippen molar-refractivity contribution in [3.63, 3.8) is 0 Å². The number of rotatable bonds is 6. The highest BCUT2D eigenvalue weighted by Gasteiger charge is 2.10. The zero-order valence-electron chi connectivity index (χ0n) is 9.97. The van der Waals surface area contributed by atoms with Crippen molar-refractivity contribution in [3.05, 3.63) is 23.8 Å². The fraction of sp³-hybridized carbons (Fsp3) is 0.333. The summed E-state index contributed by atoms with van der Waals surface area (Å²) in [6.07, 6.45) is 0.798. The van der Waals surface area contributed by atoms with Crippen LogP contribution in [0.1, 0.15) is 23.2 Å². The molecule has 1 rings (SSSR count). The second-order valence-corrected chi connectivity index (χ2v) is 3.68. The second kappa shape index (κ2) is 6.61. The van der Waals surface area contributed by atoms with Crippen LogP contribution in [-0.2, 0) is 9.53 Å². The van der Waals surface area contributed by atoms with Gasteiger partial charge in [0.05, 0.1) is 11.3 Å². The van der Waals surface area contributed by atoms with Crippen molar-refractivity contribution < 1.29 is 24.5 Å². The largest absolute Gasteiger partial charge is 0.506 e. The summed E-state index contributed by atoms with van der Waals surface area (Å²) in [7, 11) is 1.54. The van der Waals surface area contributed by atoms with Crippen molar-refractivity contribution in [3.8, 4) is 5.75 Å². The summed E-state index contributed by atoms with van der Waals surface area (Å²) >= 11 is 0. The lowest BCUT2D eigenvalue weighted by Crippen LogP contribution is -2.12. The molecule has 0 unspecified atom stereocenters. The number of aromatic carboxylic acids is 1. The molecule has 0 atom stereocenters. The Kier molecular flexibility index (Phi) is 5.13. The first-order valence-corrected chi connectivity index (χ1v) is 5.39. The average molecular weight is 253 g/mol. The molecule has 6 heteroatoms. The summed E-state index contributed by atoms with van der Waals surface area (Å²) in [5.74, 6) is -1.59. The molecule has 0 spiro atoms. The van der Waals surface area contributed by atoms with Crippen LogP contribution in [0, 0.1) is 0 Å². The van der Waals surface area contributed by atoms with E-state index >= 15 is 0 Å². The van der Waals surface area contributed by atoms with Gasteiger partial charge in [-0.3, -0.25) is 4.79 Å². The minimum atomic E-state index is -1.12. The quantitative estimate of drug-likeness (QED) is 0.527. The standard InChI is InChI=1S/C12H15NO5/c1-18-6-2-3-11(15)13-9-7-8(12(16)17)4-5-10(9)14/h4-5,7,14H,2-3,6H2,1H3,(H,13,15)(H,16,17). The number of aromatic hydroxyl groups is 1. The monoisotopic (exact) mass is 253 g/mol. The van der Waals surface area contributed by atoms with Crippen LogP contribution in [0.15, 0.2) is 18.2 Å². The lowest BCUT2D eigenvalue weighted by atomic mass is 10.2. The summed E-state index contributed by atoms with van der Waals surface area (Å²) in [6, 6.07) is 3.71. The van der Waals surface area contributed by atoms with E-state index in [2.05, 4.69) is 5.32 Å². The predicted molar refractivity (Wildman–Crippen MR) is 64.8 cm³/mol. The summed E-state index contributed by atoms with van der Waals surface area (Å²) < 4.78 is 4.81. The highest BCUT2D eigenvalue weighted by atomic mass is 16.5. The molecule has 0 radical (unpaired) electrons. The number of carbonyl (C=O) groups is 2. The molecular formula is C12H15NO5. The fourth-order valence-corrected chi connectivity index (χ4v) is 1.36. The number of phenols is 1. The van der Waals surface area contributed by atoms with Crippen LogP contribution < -0.4 is 5.32 Å². The van der Waals surface area contributed by atoms with E-state index in [4.69, 9.17) is 9.84 Å². The van der Waals surface area contributed by atoms with Crippen LogP contribution in [0.25, 0.3) is 0 Å². The predicted octanol–water partition coefficient (Wildman–Crippen LogP) is 1.46. The van der Waals surface area contributed by atoms with E-state index in [0.717, 1.165) is 0 Å². The topological polar surface area (TPSA) is 95.9 Å². The third kappa shape index (κ3) is 4.06. The molecule has 1 amide bonds. The Morgan fingerprint density at radius 1 is 1.39 bits per heavy atom. The number of phenolic OH excluding ortho intramolecular Hbond substituents is 1. The highest BCUT2D eigenvalue weighted by molar-refractivity contribution is 5.95. The molecule has 1 aromatic rings. The number of carboxylic acids is 1. The van der Waals surface area contributed by atoms with E-state index in [0.29, 0.717) is 13.0 Å². The first-order chi connectivity index (χ1) is 8.54. The molecule has 0 fully saturated rings. The van der Waals surface area contributed by atoms with Crippen molar-refractivity contribution in [1.82, 2.24) is 0 Å². The fourth-order valence-electron chi connectivity index (χ4n) is 1.36. The number of nitrogens with one attached hydrogen (secondary N) is 1. The minimum absolute atomic E-state index is 0.00000785. The van der Waals surface area contributed by atoms with Gasteiger partial charge in [0.25, 0.3) is 0 Å². The van der Waals surface area contributed by atoms with Gasteiger partial charge in [0.2, 0.25) is 5.91 Å². The lowest BCUT2D eigenvalue weighted by Gasteiger charge is -2.08. The van der Waals surface area contributed by atoms with Crippen molar-refractivity contribution in [1.29, 1.82) is 0 Å². The number of carboxylic acid groups (broad SMARTS) is 1. The molecule has 0 heterocycles. The van der Waals surface area contributed by atoms with Crippen LogP contribution in [0.4, 0.5) is 5.69 Å². The lowest BCUT2D eigenvalue weighted by molar-refractivity contribution is -0.116. The van der Waals surface area contributed by atoms with E-state index in [1.807, 2.05) is 0 Å². The molecule has 0 aromatic heterocycles. The van der Waals surface area contributed by atoms with Crippen molar-refractivity contribution in [2.45, 2.75) is 12.8 Å². The maximum Gasteiger partial charge on any atom is 0.335 e. The minimum Gasteiger partial charge on any atom is -0.506 e. The number of anilines is 1. The van der Waals surface area contributed by atoms with E-state index < -0.39 is 5.97 Å². The molecule has 0 aliphatic rings. The average Bonchev–Trinajstić information content (AvgIpc) is 2.32. The zero-order chi connectivity index (χ0) is 13.5. The molecule has 0 saturated heterocycles. The van der Waals surface area contributed by atoms with Gasteiger partial charge in [-0.25, -0.2) is 4.79 Å². The zero-order valence-corrected chi connectivity index (χ0v) is 9.97. The molecule has 98 valence electrons. The molecular weight excluding hydrogens is 238 g/mol. The van der Waals surface area contributed by atoms with Crippen LogP contribution in [-0.4, -0.2) is 35.8 Å². The Hall–Kier alpha value is -2.08. The first kappa shape index (κ1) is 14.0. The van der Waals surface area contributed by atoms with E-state index in [9.17, 15) is 14.7 Å². The number of methoxy groups -OCH3 is 1. The number of ether oxygens (including phenoxy) is 1. The molecule has 0 saturated carbocycles. The van der Waals surface area contributed by atoms with Crippen molar-refractivity contribution >= 4 is 17.6 Å². The van der Waals surface area contributed by atoms with E-state index in [-0.39, 0.29) is 29.3 Å². The highest BCUT2D eigenvalue weighted by Crippen LogP contribution is 2.24. The number of carbonyl (C=O) groups excluding carboxylic acids is 1. The number of hydrogen-bond donors (Lipinski definition) is 3. The Labute approximate surface area is 104 Å². The van der Waals surface area contributed by atoms with Crippen molar-refractivity contribution in [2.75, 3.05) is 19.0 Å². The van der Waals surface area contributed by atoms with Crippen LogP contribution >= 0.6 is 0 Å². The van der Waals surface area contributed by atoms with Gasteiger partial charge >= 0.3 is 5.97 Å². The van der Waals surface area contributed by atoms with Gasteiger partial charge in [0.15, 0.2) is 0 Å². The molecule has 3 N–H and O–H groups in total. The van der Waals surface area contributed by atoms with Crippen molar-refractivity contribution in [2.24, 2.45) is 0 Å². The van der Waals surface area contributed by atoms with Crippen LogP contribution in [0.2, 0.25) is 0 Å². The van der Waals surface area contributed by atoms with Crippen LogP contribution in [0.5, 0.6) is 5.75 Å². The summed E-state index contributed by atoms with van der Waals surface area (Å²) in [5, 5.41) is 20.8. The summed E-state index contributed by atoms with van der Waals surface area (Å²) in [5.41, 5.74) is 0.0947. The smallest absolute Gasteiger partial charge is 0.335 e. The molecule has 0 bridgehead atoms. The number of benzene rings is 1. The maximum absolute atomic E-state index is 11.5. The molecule has 0 aliphatic carbocycles. The molecule has 6 nitrogen and oxygen atoms in total. The molecule has 0 aliphatic heterocycles. The van der Waals surface area contributed by atoms with Gasteiger partial charge in [-0.2, -0.15) is 0 Å². The third-order valence-corrected chi connectivity index (χ3v) is 2.27. The summed E-state index contributed by atoms with van der Waals surface area (Å²) in [6.45, 7) is 0.467. The Balaban J connectivity index is 2.68. The number of amides is 1. The van der Waals surface area contributed by atoms with E-state index in [1.54, 1.807) is 7.11 Å². The maximum atomic E-state index is 11.5. The second-order valence-electron chi connectivity index (χ2n) is 3.68. The van der Waals surface area contributed by atoms with Gasteiger partial charge in [0, 0.05) is 20.1 Å². The van der Waals surface area contributed by atoms with Gasteiger partial charge < -0.3 is 20.3 Å². The Morgan fingerprint density at radius 3 is 2.72 bits per heavy atom. The Morgan fingerprint density at radius 2 is 2.11 bits per heavy atom. The molecule has 1 aromatic carbocycles. The van der Waals surface area contributed by atoms with Gasteiger partial charge in [0.1, 0.15) is 5.75 Å². The third-order valence-electron chi connectivity index (χ3n) is 2.27. The van der Waals surface area contributed by atoms with Gasteiger partial charge in [-0.05, 0) is 24.6 Å². The van der Waals surface area contributed by atoms with Gasteiger partial charge in [-0.15, -0.1) is 0 Å².